The zero-order valence-corrected chi connectivity index (χ0v) is 20.0. The lowest BCUT2D eigenvalue weighted by Crippen LogP contribution is -2.25. The zero-order valence-electron chi connectivity index (χ0n) is 20.0. The molecule has 5 rings (SSSR count). The van der Waals surface area contributed by atoms with Crippen molar-refractivity contribution < 1.29 is 5.11 Å². The van der Waals surface area contributed by atoms with Crippen LogP contribution in [0.15, 0.2) is 53.3 Å². The van der Waals surface area contributed by atoms with Gasteiger partial charge in [0, 0.05) is 18.3 Å². The Kier molecular flexibility index (Phi) is 5.50. The fourth-order valence-electron chi connectivity index (χ4n) is 4.44. The molecule has 0 amide bonds. The van der Waals surface area contributed by atoms with Gasteiger partial charge in [0.15, 0.2) is 11.5 Å². The summed E-state index contributed by atoms with van der Waals surface area (Å²) in [6.45, 7) is 9.16. The Morgan fingerprint density at radius 3 is 2.68 bits per heavy atom. The highest BCUT2D eigenvalue weighted by Crippen LogP contribution is 2.25. The van der Waals surface area contributed by atoms with Crippen molar-refractivity contribution in [2.24, 2.45) is 0 Å². The predicted molar refractivity (Wildman–Crippen MR) is 134 cm³/mol. The van der Waals surface area contributed by atoms with E-state index in [2.05, 4.69) is 33.8 Å². The van der Waals surface area contributed by atoms with Gasteiger partial charge in [-0.15, -0.1) is 0 Å². The Morgan fingerprint density at radius 2 is 1.91 bits per heavy atom. The zero-order chi connectivity index (χ0) is 24.0. The monoisotopic (exact) mass is 458 g/mol. The topological polar surface area (TPSA) is 97.0 Å². The third-order valence-electron chi connectivity index (χ3n) is 6.16. The van der Waals surface area contributed by atoms with E-state index in [1.54, 1.807) is 29.3 Å². The molecule has 0 radical (unpaired) electrons. The molecule has 176 valence electrons. The highest BCUT2D eigenvalue weighted by Gasteiger charge is 2.22. The molecule has 0 saturated heterocycles. The predicted octanol–water partition coefficient (Wildman–Crippen LogP) is 3.78. The molecule has 0 fully saturated rings. The first-order valence-electron chi connectivity index (χ1n) is 11.7. The average molecular weight is 459 g/mol. The molecule has 8 heteroatoms. The normalized spacial score (nSPS) is 13.9. The van der Waals surface area contributed by atoms with Crippen molar-refractivity contribution in [3.05, 3.63) is 75.7 Å². The number of fused-ring (bicyclic) bond motifs is 2. The summed E-state index contributed by atoms with van der Waals surface area (Å²) in [7, 11) is 0. The number of pyridine rings is 2. The second kappa shape index (κ2) is 8.38. The molecule has 4 aromatic rings. The van der Waals surface area contributed by atoms with Crippen LogP contribution in [0.3, 0.4) is 0 Å². The molecule has 0 unspecified atom stereocenters. The second-order valence-electron chi connectivity index (χ2n) is 9.60. The van der Waals surface area contributed by atoms with Crippen molar-refractivity contribution in [1.29, 1.82) is 0 Å². The summed E-state index contributed by atoms with van der Waals surface area (Å²) < 4.78 is 3.40. The van der Waals surface area contributed by atoms with Gasteiger partial charge in [-0.25, -0.2) is 19.3 Å². The van der Waals surface area contributed by atoms with Crippen LogP contribution >= 0.6 is 0 Å². The van der Waals surface area contributed by atoms with Gasteiger partial charge in [0.25, 0.3) is 5.56 Å². The van der Waals surface area contributed by atoms with Gasteiger partial charge in [-0.2, -0.15) is 0 Å². The van der Waals surface area contributed by atoms with Crippen LogP contribution in [0.5, 0.6) is 0 Å². The number of hydrogen-bond acceptors (Lipinski definition) is 6. The molecular weight excluding hydrogens is 428 g/mol. The summed E-state index contributed by atoms with van der Waals surface area (Å²) in [4.78, 5) is 22.8. The molecule has 34 heavy (non-hydrogen) atoms. The standard InChI is InChI=1S/C26H30N6O2/c1-16(2)31-25(33)20-10-11-22(28-19-9-8-17-12-13-27-15-18(17)14-19)30-24(20)32(31)23-7-5-6-21(29-23)26(3,4)34/h5-11,14,16,27,34H,12-13,15H2,1-4H3,(H,28,30). The lowest BCUT2D eigenvalue weighted by Gasteiger charge is -2.19. The maximum Gasteiger partial charge on any atom is 0.276 e. The molecule has 0 aliphatic carbocycles. The number of anilines is 2. The maximum atomic E-state index is 13.3. The van der Waals surface area contributed by atoms with Gasteiger partial charge in [-0.1, -0.05) is 12.1 Å². The number of benzene rings is 1. The molecule has 4 heterocycles. The van der Waals surface area contributed by atoms with Gasteiger partial charge in [0.1, 0.15) is 11.4 Å². The van der Waals surface area contributed by atoms with Crippen molar-refractivity contribution in [3.8, 4) is 5.82 Å². The minimum atomic E-state index is -1.11. The van der Waals surface area contributed by atoms with Gasteiger partial charge < -0.3 is 15.7 Å². The van der Waals surface area contributed by atoms with Gasteiger partial charge in [0.2, 0.25) is 0 Å². The summed E-state index contributed by atoms with van der Waals surface area (Å²) >= 11 is 0. The van der Waals surface area contributed by atoms with Crippen molar-refractivity contribution in [1.82, 2.24) is 24.6 Å². The Hall–Kier alpha value is -3.49. The van der Waals surface area contributed by atoms with E-state index in [9.17, 15) is 9.90 Å². The van der Waals surface area contributed by atoms with E-state index >= 15 is 0 Å². The van der Waals surface area contributed by atoms with Crippen molar-refractivity contribution >= 4 is 22.5 Å². The third kappa shape index (κ3) is 3.99. The Balaban J connectivity index is 1.63. The van der Waals surface area contributed by atoms with Gasteiger partial charge >= 0.3 is 0 Å². The lowest BCUT2D eigenvalue weighted by molar-refractivity contribution is 0.0738. The van der Waals surface area contributed by atoms with Gasteiger partial charge in [-0.3, -0.25) is 4.79 Å². The third-order valence-corrected chi connectivity index (χ3v) is 6.16. The van der Waals surface area contributed by atoms with Crippen molar-refractivity contribution in [2.45, 2.75) is 52.3 Å². The number of aromatic nitrogens is 4. The van der Waals surface area contributed by atoms with Crippen molar-refractivity contribution in [2.75, 3.05) is 11.9 Å². The summed E-state index contributed by atoms with van der Waals surface area (Å²) in [5, 5.41) is 17.8. The average Bonchev–Trinajstić information content (AvgIpc) is 3.10. The van der Waals surface area contributed by atoms with Gasteiger partial charge in [0.05, 0.1) is 11.1 Å². The summed E-state index contributed by atoms with van der Waals surface area (Å²) in [6.07, 6.45) is 1.03. The minimum Gasteiger partial charge on any atom is -0.384 e. The molecule has 8 nitrogen and oxygen atoms in total. The molecule has 0 spiro atoms. The first-order chi connectivity index (χ1) is 16.2. The smallest absolute Gasteiger partial charge is 0.276 e. The van der Waals surface area contributed by atoms with E-state index < -0.39 is 5.60 Å². The maximum absolute atomic E-state index is 13.3. The van der Waals surface area contributed by atoms with E-state index in [-0.39, 0.29) is 11.6 Å². The number of rotatable bonds is 5. The van der Waals surface area contributed by atoms with Crippen LogP contribution in [-0.4, -0.2) is 31.0 Å². The van der Waals surface area contributed by atoms with Crippen LogP contribution in [0.4, 0.5) is 11.5 Å². The van der Waals surface area contributed by atoms with Crippen LogP contribution in [0, 0.1) is 0 Å². The first-order valence-corrected chi connectivity index (χ1v) is 11.7. The Morgan fingerprint density at radius 1 is 1.09 bits per heavy atom. The molecule has 3 N–H and O–H groups in total. The molecular formula is C26H30N6O2. The molecule has 0 bridgehead atoms. The van der Waals surface area contributed by atoms with Crippen LogP contribution < -0.4 is 16.2 Å². The van der Waals surface area contributed by atoms with Gasteiger partial charge in [-0.05, 0) is 88.2 Å². The second-order valence-corrected chi connectivity index (χ2v) is 9.60. The van der Waals surface area contributed by atoms with E-state index in [1.807, 2.05) is 38.1 Å². The fraction of sp³-hybridized carbons (Fsp3) is 0.346. The largest absolute Gasteiger partial charge is 0.384 e. The summed E-state index contributed by atoms with van der Waals surface area (Å²) in [6, 6.07) is 15.3. The van der Waals surface area contributed by atoms with Crippen LogP contribution in [-0.2, 0) is 18.6 Å². The Labute approximate surface area is 198 Å². The SMILES string of the molecule is CC(C)n1c(=O)c2ccc(Nc3ccc4c(c3)CNCC4)nc2n1-c1cccc(C(C)(C)O)n1. The van der Waals surface area contributed by atoms with Crippen LogP contribution in [0.25, 0.3) is 16.9 Å². The molecule has 0 saturated carbocycles. The molecule has 1 aliphatic heterocycles. The summed E-state index contributed by atoms with van der Waals surface area (Å²) in [5.74, 6) is 1.18. The van der Waals surface area contributed by atoms with Crippen molar-refractivity contribution in [3.63, 3.8) is 0 Å². The molecule has 0 atom stereocenters. The lowest BCUT2D eigenvalue weighted by atomic mass is 10.0. The minimum absolute atomic E-state index is 0.112. The van der Waals surface area contributed by atoms with E-state index in [1.165, 1.54) is 11.1 Å². The van der Waals surface area contributed by atoms with E-state index in [4.69, 9.17) is 4.98 Å². The number of aliphatic hydroxyl groups is 1. The molecule has 3 aromatic heterocycles. The number of nitrogens with one attached hydrogen (secondary N) is 2. The molecule has 1 aromatic carbocycles. The molecule has 1 aliphatic rings. The fourth-order valence-corrected chi connectivity index (χ4v) is 4.44. The first kappa shape index (κ1) is 22.3. The number of hydrogen-bond donors (Lipinski definition) is 3. The Bertz CT molecular complexity index is 1430. The van der Waals surface area contributed by atoms with Crippen LogP contribution in [0.2, 0.25) is 0 Å². The number of nitrogens with zero attached hydrogens (tertiary/aromatic N) is 4. The quantitative estimate of drug-likeness (QED) is 0.421. The highest BCUT2D eigenvalue weighted by atomic mass is 16.3. The summed E-state index contributed by atoms with van der Waals surface area (Å²) in [5.41, 5.74) is 3.41. The van der Waals surface area contributed by atoms with Crippen LogP contribution in [0.1, 0.15) is 50.6 Å². The van der Waals surface area contributed by atoms with E-state index in [0.29, 0.717) is 28.4 Å². The highest BCUT2D eigenvalue weighted by molar-refractivity contribution is 5.79. The van der Waals surface area contributed by atoms with E-state index in [0.717, 1.165) is 25.2 Å².